The SMILES string of the molecule is CN1CCC(NC(=O)N[C@@H]2CCN(c3nc(N[C@H](CO)Cc4ccccc4)c4ncn([C@@H]5C[C@H](N6C(=O)N[C@@H](CO)C6=O)[C@@H](O)[C@H]5O)c4n3)C2)C1. The summed E-state index contributed by atoms with van der Waals surface area (Å²) in [5.74, 6) is 0.0170. The van der Waals surface area contributed by atoms with E-state index in [-0.39, 0.29) is 31.1 Å². The second kappa shape index (κ2) is 14.5. The molecule has 4 fully saturated rings. The van der Waals surface area contributed by atoms with Crippen molar-refractivity contribution in [1.82, 2.24) is 45.3 Å². The average Bonchev–Trinajstić information content (AvgIpc) is 3.95. The molecule has 18 nitrogen and oxygen atoms in total. The van der Waals surface area contributed by atoms with E-state index in [1.54, 1.807) is 4.57 Å². The van der Waals surface area contributed by atoms with Crippen molar-refractivity contribution in [1.29, 1.82) is 0 Å². The van der Waals surface area contributed by atoms with Crippen LogP contribution in [0.5, 0.6) is 0 Å². The van der Waals surface area contributed by atoms with Gasteiger partial charge in [-0.2, -0.15) is 9.97 Å². The summed E-state index contributed by atoms with van der Waals surface area (Å²) in [5, 5.41) is 54.1. The Bertz CT molecular complexity index is 1740. The standard InChI is InChI=1S/C33H45N11O7/c1-41-9-7-19(13-41)36-32(50)37-20-8-10-42(14-20)31-39-28(35-21(15-45)11-18-5-3-2-4-6-18)25-29(40-31)43(17-34-25)23-12-24(27(48)26(23)47)44-30(49)22(16-46)38-33(44)51/h2-6,17,19-24,26-27,45-48H,7-16H2,1H3,(H,38,51)(H,35,39,40)(H2,36,37,50)/t19?,20-,21+,22+,23-,24+,26+,27-/m1/s1. The lowest BCUT2D eigenvalue weighted by atomic mass is 10.1. The van der Waals surface area contributed by atoms with Gasteiger partial charge in [-0.05, 0) is 44.8 Å². The van der Waals surface area contributed by atoms with Crippen LogP contribution in [0.2, 0.25) is 0 Å². The minimum Gasteiger partial charge on any atom is -0.394 e. The Hall–Kier alpha value is -4.62. The summed E-state index contributed by atoms with van der Waals surface area (Å²) in [7, 11) is 2.03. The van der Waals surface area contributed by atoms with Crippen LogP contribution in [0.1, 0.15) is 30.9 Å². The zero-order chi connectivity index (χ0) is 35.8. The molecule has 3 aromatic rings. The summed E-state index contributed by atoms with van der Waals surface area (Å²) in [6, 6.07) is 5.23. The Labute approximate surface area is 293 Å². The third-order valence-corrected chi connectivity index (χ3v) is 10.4. The van der Waals surface area contributed by atoms with Crippen molar-refractivity contribution >= 4 is 40.9 Å². The minimum atomic E-state index is -1.47. The molecule has 1 saturated carbocycles. The molecule has 3 saturated heterocycles. The Morgan fingerprint density at radius 1 is 1.00 bits per heavy atom. The number of likely N-dealkylation sites (N-methyl/N-ethyl adjacent to an activating group) is 1. The molecule has 1 aromatic carbocycles. The summed E-state index contributed by atoms with van der Waals surface area (Å²) in [6.07, 6.45) is 0.671. The van der Waals surface area contributed by atoms with Gasteiger partial charge in [0.05, 0.1) is 37.7 Å². The number of aliphatic hydroxyl groups is 4. The van der Waals surface area contributed by atoms with E-state index in [1.165, 1.54) is 6.33 Å². The van der Waals surface area contributed by atoms with Gasteiger partial charge < -0.3 is 56.1 Å². The lowest BCUT2D eigenvalue weighted by molar-refractivity contribution is -0.131. The van der Waals surface area contributed by atoms with Gasteiger partial charge in [-0.15, -0.1) is 0 Å². The molecule has 4 aliphatic rings. The molecule has 0 spiro atoms. The van der Waals surface area contributed by atoms with E-state index in [1.807, 2.05) is 42.3 Å². The number of urea groups is 2. The molecule has 8 atom stereocenters. The van der Waals surface area contributed by atoms with Crippen molar-refractivity contribution in [2.24, 2.45) is 0 Å². The van der Waals surface area contributed by atoms with Crippen molar-refractivity contribution in [3.8, 4) is 0 Å². The maximum atomic E-state index is 12.9. The molecule has 274 valence electrons. The third kappa shape index (κ3) is 7.01. The van der Waals surface area contributed by atoms with Crippen LogP contribution in [0.3, 0.4) is 0 Å². The number of hydrogen-bond acceptors (Lipinski definition) is 13. The predicted molar refractivity (Wildman–Crippen MR) is 184 cm³/mol. The van der Waals surface area contributed by atoms with Gasteiger partial charge in [0.25, 0.3) is 5.91 Å². The fraction of sp³-hybridized carbons (Fsp3) is 0.576. The van der Waals surface area contributed by atoms with Crippen LogP contribution in [0, 0.1) is 0 Å². The number of aliphatic hydroxyl groups excluding tert-OH is 4. The van der Waals surface area contributed by atoms with E-state index in [2.05, 4.69) is 31.2 Å². The lowest BCUT2D eigenvalue weighted by Crippen LogP contribution is -2.47. The number of carbonyl (C=O) groups excluding carboxylic acids is 3. The molecule has 2 aromatic heterocycles. The van der Waals surface area contributed by atoms with Crippen LogP contribution in [-0.4, -0.2) is 157 Å². The number of amides is 5. The number of fused-ring (bicyclic) bond motifs is 1. The largest absolute Gasteiger partial charge is 0.394 e. The first-order chi connectivity index (χ1) is 24.6. The highest BCUT2D eigenvalue weighted by Crippen LogP contribution is 2.38. The first kappa shape index (κ1) is 34.8. The number of likely N-dealkylation sites (tertiary alicyclic amines) is 1. The molecule has 5 heterocycles. The van der Waals surface area contributed by atoms with E-state index < -0.39 is 54.9 Å². The van der Waals surface area contributed by atoms with Crippen LogP contribution in [0.25, 0.3) is 11.2 Å². The molecule has 8 N–H and O–H groups in total. The Balaban J connectivity index is 1.16. The number of imidazole rings is 1. The summed E-state index contributed by atoms with van der Waals surface area (Å²) < 4.78 is 1.62. The summed E-state index contributed by atoms with van der Waals surface area (Å²) >= 11 is 0. The number of hydrogen-bond donors (Lipinski definition) is 8. The molecule has 51 heavy (non-hydrogen) atoms. The van der Waals surface area contributed by atoms with E-state index in [9.17, 15) is 34.8 Å². The fourth-order valence-corrected chi connectivity index (χ4v) is 7.67. The van der Waals surface area contributed by atoms with E-state index in [4.69, 9.17) is 9.97 Å². The molecular weight excluding hydrogens is 662 g/mol. The Morgan fingerprint density at radius 3 is 2.41 bits per heavy atom. The Morgan fingerprint density at radius 2 is 1.73 bits per heavy atom. The molecule has 0 bridgehead atoms. The first-order valence-electron chi connectivity index (χ1n) is 17.4. The van der Waals surface area contributed by atoms with Gasteiger partial charge in [-0.25, -0.2) is 14.6 Å². The van der Waals surface area contributed by atoms with Gasteiger partial charge in [0.2, 0.25) is 5.95 Å². The van der Waals surface area contributed by atoms with Crippen LogP contribution < -0.4 is 26.2 Å². The van der Waals surface area contributed by atoms with Crippen molar-refractivity contribution in [3.63, 3.8) is 0 Å². The maximum Gasteiger partial charge on any atom is 0.325 e. The number of anilines is 2. The highest BCUT2D eigenvalue weighted by Gasteiger charge is 2.52. The van der Waals surface area contributed by atoms with Crippen molar-refractivity contribution in [3.05, 3.63) is 42.2 Å². The number of imide groups is 1. The molecule has 1 aliphatic carbocycles. The Kier molecular flexibility index (Phi) is 9.93. The van der Waals surface area contributed by atoms with Gasteiger partial charge in [0.15, 0.2) is 17.0 Å². The highest BCUT2D eigenvalue weighted by molar-refractivity contribution is 6.04. The topological polar surface area (TPSA) is 234 Å². The zero-order valence-electron chi connectivity index (χ0n) is 28.3. The van der Waals surface area contributed by atoms with E-state index in [0.717, 1.165) is 30.0 Å². The second-order valence-corrected chi connectivity index (χ2v) is 14.0. The van der Waals surface area contributed by atoms with Gasteiger partial charge in [-0.3, -0.25) is 9.69 Å². The fourth-order valence-electron chi connectivity index (χ4n) is 7.67. The monoisotopic (exact) mass is 707 g/mol. The number of benzene rings is 1. The van der Waals surface area contributed by atoms with Crippen molar-refractivity contribution in [2.45, 2.75) is 74.1 Å². The highest BCUT2D eigenvalue weighted by atomic mass is 16.3. The number of aromatic nitrogens is 4. The normalized spacial score (nSPS) is 28.8. The minimum absolute atomic E-state index is 0.00206. The second-order valence-electron chi connectivity index (χ2n) is 14.0. The van der Waals surface area contributed by atoms with Gasteiger partial charge in [0.1, 0.15) is 18.2 Å². The quantitative estimate of drug-likeness (QED) is 0.105. The third-order valence-electron chi connectivity index (χ3n) is 10.4. The molecule has 0 radical (unpaired) electrons. The molecule has 7 rings (SSSR count). The molecule has 3 aliphatic heterocycles. The van der Waals surface area contributed by atoms with Crippen molar-refractivity contribution in [2.75, 3.05) is 56.7 Å². The number of nitrogens with one attached hydrogen (secondary N) is 4. The van der Waals surface area contributed by atoms with Gasteiger partial charge in [0, 0.05) is 31.7 Å². The van der Waals surface area contributed by atoms with Gasteiger partial charge in [-0.1, -0.05) is 30.3 Å². The molecule has 18 heteroatoms. The lowest BCUT2D eigenvalue weighted by Gasteiger charge is -2.24. The maximum absolute atomic E-state index is 12.9. The molecule has 1 unspecified atom stereocenters. The van der Waals surface area contributed by atoms with Crippen molar-refractivity contribution < 1.29 is 34.8 Å². The smallest absolute Gasteiger partial charge is 0.325 e. The van der Waals surface area contributed by atoms with Crippen LogP contribution in [0.15, 0.2) is 36.7 Å². The summed E-state index contributed by atoms with van der Waals surface area (Å²) in [5.41, 5.74) is 1.70. The van der Waals surface area contributed by atoms with Crippen LogP contribution in [-0.2, 0) is 11.2 Å². The van der Waals surface area contributed by atoms with Crippen LogP contribution >= 0.6 is 0 Å². The predicted octanol–water partition coefficient (Wildman–Crippen LogP) is -1.63. The summed E-state index contributed by atoms with van der Waals surface area (Å²) in [6.45, 7) is 1.94. The molecular formula is C33H45N11O7. The number of carbonyl (C=O) groups is 3. The van der Waals surface area contributed by atoms with E-state index in [0.29, 0.717) is 48.9 Å². The summed E-state index contributed by atoms with van der Waals surface area (Å²) in [4.78, 5) is 57.7. The van der Waals surface area contributed by atoms with Crippen LogP contribution in [0.4, 0.5) is 21.4 Å². The number of nitrogens with zero attached hydrogens (tertiary/aromatic N) is 7. The van der Waals surface area contributed by atoms with E-state index >= 15 is 0 Å². The number of rotatable bonds is 11. The zero-order valence-corrected chi connectivity index (χ0v) is 28.3. The molecule has 5 amide bonds. The first-order valence-corrected chi connectivity index (χ1v) is 17.4. The van der Waals surface area contributed by atoms with Gasteiger partial charge >= 0.3 is 12.1 Å². The average molecular weight is 708 g/mol.